The van der Waals surface area contributed by atoms with E-state index in [1.807, 2.05) is 0 Å². The minimum absolute atomic E-state index is 0.268. The lowest BCUT2D eigenvalue weighted by molar-refractivity contribution is -0.168. The van der Waals surface area contributed by atoms with Gasteiger partial charge < -0.3 is 10.2 Å². The van der Waals surface area contributed by atoms with Gasteiger partial charge >= 0.3 is 11.9 Å². The van der Waals surface area contributed by atoms with E-state index in [4.69, 9.17) is 0 Å². The first-order valence-electron chi connectivity index (χ1n) is 18.3. The summed E-state index contributed by atoms with van der Waals surface area (Å²) in [6.07, 6.45) is 25.2. The van der Waals surface area contributed by atoms with Crippen molar-refractivity contribution < 1.29 is 24.6 Å². The topological polar surface area (TPSA) is 91.7 Å². The number of Topliss-reactive ketones (excluding diaryl/α,β-unsaturated/α-hetero) is 1. The number of hydrogen-bond donors (Lipinski definition) is 2. The molecule has 0 saturated heterocycles. The number of hydrogen-bond acceptors (Lipinski definition) is 3. The molecule has 42 heavy (non-hydrogen) atoms. The molecule has 0 aromatic rings. The van der Waals surface area contributed by atoms with Crippen LogP contribution in [0.2, 0.25) is 0 Å². The number of carbonyl (C=O) groups is 3. The van der Waals surface area contributed by atoms with Gasteiger partial charge in [0.25, 0.3) is 0 Å². The largest absolute Gasteiger partial charge is 0.480 e. The van der Waals surface area contributed by atoms with Gasteiger partial charge in [0, 0.05) is 0 Å². The Kier molecular flexibility index (Phi) is 25.2. The molecule has 2 N–H and O–H groups in total. The maximum absolute atomic E-state index is 14.7. The molecule has 0 aliphatic heterocycles. The van der Waals surface area contributed by atoms with Crippen LogP contribution in [0.15, 0.2) is 0 Å². The lowest BCUT2D eigenvalue weighted by Crippen LogP contribution is -2.52. The lowest BCUT2D eigenvalue weighted by Gasteiger charge is -2.38. The fourth-order valence-electron chi connectivity index (χ4n) is 6.61. The van der Waals surface area contributed by atoms with Crippen LogP contribution in [0.4, 0.5) is 0 Å². The van der Waals surface area contributed by atoms with Crippen molar-refractivity contribution in [1.29, 1.82) is 0 Å². The Bertz CT molecular complexity index is 598. The molecule has 0 fully saturated rings. The second-order valence-electron chi connectivity index (χ2n) is 13.2. The van der Waals surface area contributed by atoms with Crippen LogP contribution in [-0.2, 0) is 14.4 Å². The Labute approximate surface area is 260 Å². The monoisotopic (exact) mass is 595 g/mol. The molecule has 0 amide bonds. The van der Waals surface area contributed by atoms with Crippen molar-refractivity contribution >= 4 is 17.7 Å². The molecule has 0 aliphatic rings. The van der Waals surface area contributed by atoms with Crippen molar-refractivity contribution in [2.75, 3.05) is 0 Å². The average molecular weight is 595 g/mol. The Morgan fingerprint density at radius 3 is 0.738 bits per heavy atom. The van der Waals surface area contributed by atoms with Crippen molar-refractivity contribution in [2.45, 2.75) is 207 Å². The highest BCUT2D eigenvalue weighted by Gasteiger charge is 2.57. The van der Waals surface area contributed by atoms with Gasteiger partial charge in [0.15, 0.2) is 5.78 Å². The fourth-order valence-corrected chi connectivity index (χ4v) is 6.61. The first-order chi connectivity index (χ1) is 20.3. The molecule has 0 heterocycles. The summed E-state index contributed by atoms with van der Waals surface area (Å²) in [6, 6.07) is 0. The number of carboxylic acids is 2. The Hall–Kier alpha value is -1.39. The molecule has 5 heteroatoms. The van der Waals surface area contributed by atoms with Crippen LogP contribution in [0.3, 0.4) is 0 Å². The standard InChI is InChI=1S/C37H70O5/c1-5-9-13-17-21-25-29-36(34(39)40,30-26-22-18-14-10-6-2)33(38)37(35(41)42,31-27-23-19-15-11-7-3)32-28-24-20-16-12-8-4/h5-32H2,1-4H3,(H,39,40)(H,41,42). The third-order valence-electron chi connectivity index (χ3n) is 9.52. The van der Waals surface area contributed by atoms with E-state index in [1.54, 1.807) is 0 Å². The highest BCUT2D eigenvalue weighted by atomic mass is 16.4. The minimum Gasteiger partial charge on any atom is -0.480 e. The maximum Gasteiger partial charge on any atom is 0.317 e. The van der Waals surface area contributed by atoms with E-state index in [-0.39, 0.29) is 25.7 Å². The van der Waals surface area contributed by atoms with E-state index in [0.717, 1.165) is 103 Å². The summed E-state index contributed by atoms with van der Waals surface area (Å²) >= 11 is 0. The highest BCUT2D eigenvalue weighted by Crippen LogP contribution is 2.45. The molecular formula is C37H70O5. The predicted molar refractivity (Wildman–Crippen MR) is 177 cm³/mol. The molecule has 0 bridgehead atoms. The second-order valence-corrected chi connectivity index (χ2v) is 13.2. The number of carbonyl (C=O) groups excluding carboxylic acids is 1. The van der Waals surface area contributed by atoms with E-state index in [0.29, 0.717) is 25.7 Å². The zero-order valence-corrected chi connectivity index (χ0v) is 28.4. The minimum atomic E-state index is -1.60. The van der Waals surface area contributed by atoms with Crippen LogP contribution in [0.1, 0.15) is 207 Å². The molecule has 5 nitrogen and oxygen atoms in total. The van der Waals surface area contributed by atoms with Crippen molar-refractivity contribution in [3.63, 3.8) is 0 Å². The summed E-state index contributed by atoms with van der Waals surface area (Å²) < 4.78 is 0. The number of ketones is 1. The summed E-state index contributed by atoms with van der Waals surface area (Å²) in [5, 5.41) is 21.5. The van der Waals surface area contributed by atoms with E-state index >= 15 is 0 Å². The average Bonchev–Trinajstić information content (AvgIpc) is 2.97. The molecule has 0 radical (unpaired) electrons. The summed E-state index contributed by atoms with van der Waals surface area (Å²) in [7, 11) is 0. The van der Waals surface area contributed by atoms with Crippen molar-refractivity contribution in [2.24, 2.45) is 10.8 Å². The van der Waals surface area contributed by atoms with E-state index in [2.05, 4.69) is 27.7 Å². The molecule has 0 aromatic heterocycles. The van der Waals surface area contributed by atoms with Crippen LogP contribution in [-0.4, -0.2) is 27.9 Å². The number of unbranched alkanes of at least 4 members (excludes halogenated alkanes) is 20. The molecule has 0 rings (SSSR count). The Balaban J connectivity index is 6.07. The van der Waals surface area contributed by atoms with Crippen LogP contribution >= 0.6 is 0 Å². The van der Waals surface area contributed by atoms with Gasteiger partial charge in [-0.05, 0) is 25.7 Å². The number of rotatable bonds is 32. The van der Waals surface area contributed by atoms with Crippen LogP contribution < -0.4 is 0 Å². The molecular weight excluding hydrogens is 524 g/mol. The molecule has 0 spiro atoms. The van der Waals surface area contributed by atoms with Gasteiger partial charge in [-0.2, -0.15) is 0 Å². The fraction of sp³-hybridized carbons (Fsp3) is 0.919. The van der Waals surface area contributed by atoms with E-state index < -0.39 is 28.6 Å². The first kappa shape index (κ1) is 40.6. The lowest BCUT2D eigenvalue weighted by atomic mass is 9.61. The van der Waals surface area contributed by atoms with Gasteiger partial charge in [-0.3, -0.25) is 14.4 Å². The van der Waals surface area contributed by atoms with E-state index in [1.165, 1.54) is 25.7 Å². The first-order valence-corrected chi connectivity index (χ1v) is 18.3. The Morgan fingerprint density at radius 2 is 0.548 bits per heavy atom. The second kappa shape index (κ2) is 26.1. The summed E-state index contributed by atoms with van der Waals surface area (Å²) in [5.41, 5.74) is -3.20. The van der Waals surface area contributed by atoms with Crippen LogP contribution in [0.25, 0.3) is 0 Å². The number of carboxylic acid groups (broad SMARTS) is 2. The normalized spacial score (nSPS) is 12.1. The van der Waals surface area contributed by atoms with Gasteiger partial charge in [-0.25, -0.2) is 0 Å². The quantitative estimate of drug-likeness (QED) is 0.0597. The molecule has 0 unspecified atom stereocenters. The van der Waals surface area contributed by atoms with Gasteiger partial charge in [0.1, 0.15) is 10.8 Å². The molecule has 0 aromatic carbocycles. The van der Waals surface area contributed by atoms with Crippen molar-refractivity contribution in [3.8, 4) is 0 Å². The van der Waals surface area contributed by atoms with Crippen LogP contribution in [0, 0.1) is 10.8 Å². The summed E-state index contributed by atoms with van der Waals surface area (Å²) in [6.45, 7) is 8.70. The maximum atomic E-state index is 14.7. The van der Waals surface area contributed by atoms with E-state index in [9.17, 15) is 24.6 Å². The van der Waals surface area contributed by atoms with Gasteiger partial charge in [-0.15, -0.1) is 0 Å². The molecule has 248 valence electrons. The third kappa shape index (κ3) is 15.9. The van der Waals surface area contributed by atoms with Crippen LogP contribution in [0.5, 0.6) is 0 Å². The predicted octanol–water partition coefficient (Wildman–Crippen LogP) is 11.7. The molecule has 0 aliphatic carbocycles. The van der Waals surface area contributed by atoms with Crippen molar-refractivity contribution in [1.82, 2.24) is 0 Å². The number of aliphatic carboxylic acids is 2. The third-order valence-corrected chi connectivity index (χ3v) is 9.52. The SMILES string of the molecule is CCCCCCCCC(CCCCCCCC)(C(=O)O)C(=O)C(CCCCCCCC)(CCCCCCCC)C(=O)O. The van der Waals surface area contributed by atoms with Gasteiger partial charge in [0.2, 0.25) is 0 Å². The zero-order valence-electron chi connectivity index (χ0n) is 28.4. The van der Waals surface area contributed by atoms with Crippen molar-refractivity contribution in [3.05, 3.63) is 0 Å². The Morgan fingerprint density at radius 1 is 0.357 bits per heavy atom. The smallest absolute Gasteiger partial charge is 0.317 e. The highest BCUT2D eigenvalue weighted by molar-refractivity contribution is 6.14. The van der Waals surface area contributed by atoms with Gasteiger partial charge in [-0.1, -0.05) is 182 Å². The summed E-state index contributed by atoms with van der Waals surface area (Å²) in [4.78, 5) is 41.0. The summed E-state index contributed by atoms with van der Waals surface area (Å²) in [5.74, 6) is -2.67. The molecule has 0 atom stereocenters. The zero-order chi connectivity index (χ0) is 31.5. The van der Waals surface area contributed by atoms with Gasteiger partial charge in [0.05, 0.1) is 0 Å². The molecule has 0 saturated carbocycles.